The van der Waals surface area contributed by atoms with Crippen molar-refractivity contribution < 1.29 is 21.2 Å². The van der Waals surface area contributed by atoms with Gasteiger partial charge in [0.05, 0.1) is 15.7 Å². The van der Waals surface area contributed by atoms with Crippen molar-refractivity contribution in [2.45, 2.75) is 20.0 Å². The average molecular weight is 465 g/mol. The second-order valence-electron chi connectivity index (χ2n) is 6.48. The Labute approximate surface area is 180 Å². The van der Waals surface area contributed by atoms with Crippen molar-refractivity contribution in [1.29, 1.82) is 0 Å². The number of rotatable bonds is 7. The van der Waals surface area contributed by atoms with Gasteiger partial charge in [0.1, 0.15) is 0 Å². The second kappa shape index (κ2) is 8.34. The fraction of sp³-hybridized carbons (Fsp3) is 0.0909. The van der Waals surface area contributed by atoms with E-state index in [1.807, 2.05) is 0 Å². The molecule has 0 saturated carbocycles. The van der Waals surface area contributed by atoms with E-state index >= 15 is 4.39 Å². The lowest BCUT2D eigenvalue weighted by molar-refractivity contribution is 0.331. The van der Waals surface area contributed by atoms with E-state index in [0.29, 0.717) is 0 Å². The number of halogens is 2. The molecule has 8 heteroatoms. The van der Waals surface area contributed by atoms with Crippen molar-refractivity contribution in [3.8, 4) is 0 Å². The minimum Gasteiger partial charge on any atom is -0.219 e. The fourth-order valence-electron chi connectivity index (χ4n) is 3.18. The predicted octanol–water partition coefficient (Wildman–Crippen LogP) is 5.18. The molecule has 0 aliphatic carbocycles. The molecule has 0 N–H and O–H groups in total. The molecule has 0 unspecified atom stereocenters. The van der Waals surface area contributed by atoms with E-state index in [2.05, 4.69) is 6.58 Å². The van der Waals surface area contributed by atoms with Gasteiger partial charge in [0, 0.05) is 5.02 Å². The predicted molar refractivity (Wildman–Crippen MR) is 115 cm³/mol. The lowest BCUT2D eigenvalue weighted by atomic mass is 10.0. The topological polar surface area (TPSA) is 68.3 Å². The van der Waals surface area contributed by atoms with Gasteiger partial charge in [-0.3, -0.25) is 0 Å². The van der Waals surface area contributed by atoms with Crippen LogP contribution in [-0.4, -0.2) is 21.2 Å². The number of sulfone groups is 2. The van der Waals surface area contributed by atoms with Gasteiger partial charge in [0.25, 0.3) is 0 Å². The highest BCUT2D eigenvalue weighted by Crippen LogP contribution is 2.47. The summed E-state index contributed by atoms with van der Waals surface area (Å²) in [6.45, 7) is 3.54. The first kappa shape index (κ1) is 22.2. The zero-order chi connectivity index (χ0) is 22.0. The van der Waals surface area contributed by atoms with Crippen molar-refractivity contribution in [2.24, 2.45) is 0 Å². The van der Waals surface area contributed by atoms with Gasteiger partial charge in [-0.25, -0.2) is 21.2 Å². The molecule has 0 spiro atoms. The van der Waals surface area contributed by atoms with E-state index in [1.54, 1.807) is 12.1 Å². The van der Waals surface area contributed by atoms with Crippen LogP contribution in [0.2, 0.25) is 5.02 Å². The maximum atomic E-state index is 16.9. The summed E-state index contributed by atoms with van der Waals surface area (Å²) in [5.41, 5.74) is 0.0685. The van der Waals surface area contributed by atoms with Crippen LogP contribution in [-0.2, 0) is 19.7 Å². The molecule has 3 rings (SSSR count). The minimum absolute atomic E-state index is 0.0685. The summed E-state index contributed by atoms with van der Waals surface area (Å²) in [6, 6.07) is 19.0. The number of benzene rings is 3. The van der Waals surface area contributed by atoms with Gasteiger partial charge in [-0.15, -0.1) is 6.58 Å². The normalized spacial score (nSPS) is 13.5. The van der Waals surface area contributed by atoms with Crippen molar-refractivity contribution in [3.63, 3.8) is 0 Å². The first-order valence-corrected chi connectivity index (χ1v) is 12.2. The van der Waals surface area contributed by atoms with Gasteiger partial charge in [0.2, 0.25) is 19.7 Å². The molecule has 0 fully saturated rings. The van der Waals surface area contributed by atoms with E-state index in [9.17, 15) is 16.8 Å². The summed E-state index contributed by atoms with van der Waals surface area (Å²) < 4.78 is 67.1. The summed E-state index contributed by atoms with van der Waals surface area (Å²) in [5, 5.41) is 0.205. The summed E-state index contributed by atoms with van der Waals surface area (Å²) in [7, 11) is -10.1. The molecular weight excluding hydrogens is 447 g/mol. The van der Waals surface area contributed by atoms with Crippen LogP contribution in [0.15, 0.2) is 107 Å². The number of allylic oxidation sites excluding steroid dienone is 1. The van der Waals surface area contributed by atoms with Crippen LogP contribution in [0.1, 0.15) is 11.5 Å². The van der Waals surface area contributed by atoms with Gasteiger partial charge in [-0.2, -0.15) is 0 Å². The van der Waals surface area contributed by atoms with E-state index in [-0.39, 0.29) is 10.6 Å². The monoisotopic (exact) mass is 464 g/mol. The zero-order valence-corrected chi connectivity index (χ0v) is 18.0. The van der Waals surface area contributed by atoms with Gasteiger partial charge < -0.3 is 0 Å². The summed E-state index contributed by atoms with van der Waals surface area (Å²) in [6.07, 6.45) is 0.979. The van der Waals surface area contributed by atoms with E-state index in [1.165, 1.54) is 48.5 Å². The van der Waals surface area contributed by atoms with Crippen LogP contribution in [0.5, 0.6) is 0 Å². The highest BCUT2D eigenvalue weighted by Gasteiger charge is 2.62. The molecule has 30 heavy (non-hydrogen) atoms. The maximum absolute atomic E-state index is 16.9. The Morgan fingerprint density at radius 3 is 1.67 bits per heavy atom. The van der Waals surface area contributed by atoms with Crippen molar-refractivity contribution in [3.05, 3.63) is 108 Å². The third-order valence-corrected chi connectivity index (χ3v) is 9.97. The molecule has 0 aliphatic heterocycles. The number of hydrogen-bond acceptors (Lipinski definition) is 4. The van der Waals surface area contributed by atoms with Crippen LogP contribution in [0.4, 0.5) is 4.39 Å². The Kier molecular flexibility index (Phi) is 6.17. The largest absolute Gasteiger partial charge is 0.327 e. The molecule has 3 aromatic rings. The van der Waals surface area contributed by atoms with Crippen LogP contribution in [0, 0.1) is 0 Å². The Bertz CT molecular complexity index is 1190. The van der Waals surface area contributed by atoms with E-state index < -0.39 is 39.7 Å². The highest BCUT2D eigenvalue weighted by molar-refractivity contribution is 8.10. The van der Waals surface area contributed by atoms with Crippen LogP contribution < -0.4 is 0 Å². The molecule has 0 amide bonds. The fourth-order valence-corrected chi connectivity index (χ4v) is 7.91. The molecular formula is C22H18ClFO4S2. The molecule has 0 aliphatic rings. The smallest absolute Gasteiger partial charge is 0.219 e. The second-order valence-corrected chi connectivity index (χ2v) is 11.3. The first-order chi connectivity index (χ1) is 14.2. The molecule has 0 bridgehead atoms. The van der Waals surface area contributed by atoms with E-state index in [4.69, 9.17) is 11.6 Å². The maximum Gasteiger partial charge on any atom is 0.327 e. The number of alkyl halides is 1. The zero-order valence-electron chi connectivity index (χ0n) is 15.7. The molecule has 0 aromatic heterocycles. The van der Waals surface area contributed by atoms with Gasteiger partial charge >= 0.3 is 4.33 Å². The van der Waals surface area contributed by atoms with Crippen LogP contribution in [0.25, 0.3) is 0 Å². The van der Waals surface area contributed by atoms with E-state index in [0.717, 1.165) is 30.3 Å². The van der Waals surface area contributed by atoms with Crippen molar-refractivity contribution >= 4 is 31.3 Å². The van der Waals surface area contributed by atoms with Gasteiger partial charge in [-0.1, -0.05) is 66.2 Å². The molecule has 156 valence electrons. The van der Waals surface area contributed by atoms with Crippen molar-refractivity contribution in [2.75, 3.05) is 0 Å². The van der Waals surface area contributed by atoms with Gasteiger partial charge in [0.15, 0.2) is 0 Å². The molecule has 3 aromatic carbocycles. The quantitative estimate of drug-likeness (QED) is 0.452. The van der Waals surface area contributed by atoms with Crippen LogP contribution in [0.3, 0.4) is 0 Å². The third kappa shape index (κ3) is 3.57. The Morgan fingerprint density at radius 2 is 1.27 bits per heavy atom. The molecule has 0 heterocycles. The lowest BCUT2D eigenvalue weighted by Gasteiger charge is -2.31. The molecule has 0 radical (unpaired) electrons. The average Bonchev–Trinajstić information content (AvgIpc) is 2.75. The van der Waals surface area contributed by atoms with Gasteiger partial charge in [-0.05, 0) is 42.0 Å². The summed E-state index contributed by atoms with van der Waals surface area (Å²) >= 11 is 6.00. The standard InChI is InChI=1S/C22H18ClFO4S2/c1-2-21(17-10-9-11-18(23)16-17)22(24,29(25,26)19-12-5-3-6-13-19)30(27,28)20-14-7-4-8-15-20/h2-16,21H,1H2/t21-/m0/s1. The van der Waals surface area contributed by atoms with Crippen molar-refractivity contribution in [1.82, 2.24) is 0 Å². The summed E-state index contributed by atoms with van der Waals surface area (Å²) in [5.74, 6) is -1.74. The van der Waals surface area contributed by atoms with Crippen LogP contribution >= 0.6 is 11.6 Å². The SMILES string of the molecule is C=C[C@@H](c1cccc(Cl)c1)C(F)(S(=O)(=O)c1ccccc1)S(=O)(=O)c1ccccc1. The third-order valence-electron chi connectivity index (χ3n) is 4.65. The summed E-state index contributed by atoms with van der Waals surface area (Å²) in [4.78, 5) is -0.915. The molecule has 0 saturated heterocycles. The first-order valence-electron chi connectivity index (χ1n) is 8.82. The lowest BCUT2D eigenvalue weighted by Crippen LogP contribution is -2.47. The minimum atomic E-state index is -5.05. The highest BCUT2D eigenvalue weighted by atomic mass is 35.5. The Morgan fingerprint density at radius 1 is 0.800 bits per heavy atom. The Hall–Kier alpha value is -2.48. The molecule has 1 atom stereocenters. The number of hydrogen-bond donors (Lipinski definition) is 0. The Balaban J connectivity index is 2.39. The molecule has 4 nitrogen and oxygen atoms in total.